The zero-order chi connectivity index (χ0) is 3.58. The molecule has 1 N–H and O–H groups in total. The van der Waals surface area contributed by atoms with Gasteiger partial charge in [-0.3, -0.25) is 0 Å². The largest absolute Gasteiger partial charge is 0.441 e. The Morgan fingerprint density at radius 1 is 2.00 bits per heavy atom. The van der Waals surface area contributed by atoms with Gasteiger partial charge in [-0.2, -0.15) is 0 Å². The monoisotopic (exact) mass is 234 g/mol. The standard InChI is InChI=1S/BBrHIO/c2-1(3)4/h4H. The molecule has 0 amide bonds. The molecule has 0 bridgehead atoms. The van der Waals surface area contributed by atoms with E-state index in [1.807, 2.05) is 22.4 Å². The van der Waals surface area contributed by atoms with E-state index in [1.165, 1.54) is 0 Å². The first-order valence-corrected chi connectivity index (χ1v) is 2.86. The second kappa shape index (κ2) is 2.47. The molecule has 0 saturated carbocycles. The van der Waals surface area contributed by atoms with Crippen LogP contribution in [0, 0.1) is 0 Å². The Bertz CT molecular complexity index is 12.8. The van der Waals surface area contributed by atoms with Crippen LogP contribution < -0.4 is 0 Å². The molecule has 0 aromatic rings. The molecule has 0 spiro atoms. The van der Waals surface area contributed by atoms with Gasteiger partial charge in [0.1, 0.15) is 0 Å². The quantitative estimate of drug-likeness (QED) is 0.486. The van der Waals surface area contributed by atoms with Crippen LogP contribution in [0.5, 0.6) is 0 Å². The van der Waals surface area contributed by atoms with Crippen LogP contribution in [0.1, 0.15) is 0 Å². The van der Waals surface area contributed by atoms with E-state index in [4.69, 9.17) is 5.02 Å². The van der Waals surface area contributed by atoms with Crippen molar-refractivity contribution in [1.29, 1.82) is 0 Å². The molecule has 0 aliphatic carbocycles. The average Bonchev–Trinajstić information content (AvgIpc) is 0.811. The Morgan fingerprint density at radius 2 is 2.00 bits per heavy atom. The summed E-state index contributed by atoms with van der Waals surface area (Å²) in [4.78, 5) is 0. The molecule has 0 heterocycles. The Balaban J connectivity index is 2.32. The van der Waals surface area contributed by atoms with Gasteiger partial charge in [0.15, 0.2) is 0 Å². The fraction of sp³-hybridized carbons (Fsp3) is 0. The fourth-order valence-corrected chi connectivity index (χ4v) is 0. The molecule has 0 aliphatic heterocycles. The highest BCUT2D eigenvalue weighted by molar-refractivity contribution is 14.1. The highest BCUT2D eigenvalue weighted by Gasteiger charge is 1.88. The van der Waals surface area contributed by atoms with Crippen LogP contribution in [0.3, 0.4) is 0 Å². The van der Waals surface area contributed by atoms with E-state index in [9.17, 15) is 0 Å². The summed E-state index contributed by atoms with van der Waals surface area (Å²) < 4.78 is -0.384. The van der Waals surface area contributed by atoms with Crippen molar-refractivity contribution < 1.29 is 5.02 Å². The molecule has 24 valence electrons. The van der Waals surface area contributed by atoms with E-state index < -0.39 is 0 Å². The van der Waals surface area contributed by atoms with E-state index in [2.05, 4.69) is 15.8 Å². The van der Waals surface area contributed by atoms with Crippen molar-refractivity contribution in [1.82, 2.24) is 0 Å². The van der Waals surface area contributed by atoms with Crippen molar-refractivity contribution in [2.45, 2.75) is 0 Å². The predicted octanol–water partition coefficient (Wildman–Crippen LogP) is 0.793. The van der Waals surface area contributed by atoms with Crippen molar-refractivity contribution in [3.8, 4) is 0 Å². The maximum atomic E-state index is 7.96. The van der Waals surface area contributed by atoms with Crippen molar-refractivity contribution in [2.24, 2.45) is 0 Å². The second-order valence-electron chi connectivity index (χ2n) is 0.278. The van der Waals surface area contributed by atoms with E-state index in [1.54, 1.807) is 0 Å². The summed E-state index contributed by atoms with van der Waals surface area (Å²) in [5.41, 5.74) is 0. The summed E-state index contributed by atoms with van der Waals surface area (Å²) in [6, 6.07) is 0. The molecule has 4 heavy (non-hydrogen) atoms. The maximum absolute atomic E-state index is 7.96. The van der Waals surface area contributed by atoms with Crippen molar-refractivity contribution in [3.63, 3.8) is 0 Å². The molecule has 0 fully saturated rings. The van der Waals surface area contributed by atoms with Crippen molar-refractivity contribution >= 4 is 41.7 Å². The molecule has 0 atom stereocenters. The summed E-state index contributed by atoms with van der Waals surface area (Å²) in [5, 5.41) is 7.96. The zero-order valence-electron chi connectivity index (χ0n) is 1.78. The smallest absolute Gasteiger partial charge is 0.433 e. The molecular formula is HBBrIO. The molecule has 1 nitrogen and oxygen atoms in total. The molecule has 0 saturated heterocycles. The lowest BCUT2D eigenvalue weighted by Gasteiger charge is -1.66. The van der Waals surface area contributed by atoms with E-state index in [-0.39, 0.29) is 3.60 Å². The highest BCUT2D eigenvalue weighted by Crippen LogP contribution is 1.94. The number of halogens is 2. The summed E-state index contributed by atoms with van der Waals surface area (Å²) in [6.07, 6.45) is 0. The molecular weight excluding hydrogens is 234 g/mol. The van der Waals surface area contributed by atoms with Crippen molar-refractivity contribution in [3.05, 3.63) is 0 Å². The summed E-state index contributed by atoms with van der Waals surface area (Å²) >= 11 is 4.63. The Labute approximate surface area is 46.7 Å². The molecule has 4 heteroatoms. The van der Waals surface area contributed by atoms with Gasteiger partial charge in [0, 0.05) is 0 Å². The number of hydrogen-bond acceptors (Lipinski definition) is 1. The van der Waals surface area contributed by atoms with E-state index in [0.29, 0.717) is 0 Å². The van der Waals surface area contributed by atoms with E-state index in [0.717, 1.165) is 0 Å². The minimum atomic E-state index is -0.384. The van der Waals surface area contributed by atoms with Gasteiger partial charge >= 0.3 is 3.60 Å². The fourth-order valence-electron chi connectivity index (χ4n) is 0. The maximum Gasteiger partial charge on any atom is 0.441 e. The molecule has 0 rings (SSSR count). The molecule has 0 aliphatic rings. The minimum absolute atomic E-state index is 0.384. The van der Waals surface area contributed by atoms with Gasteiger partial charge in [-0.1, -0.05) is 22.4 Å². The Hall–Kier alpha value is 1.23. The van der Waals surface area contributed by atoms with Crippen LogP contribution >= 0.6 is 38.1 Å². The van der Waals surface area contributed by atoms with Crippen LogP contribution in [-0.4, -0.2) is 8.62 Å². The second-order valence-corrected chi connectivity index (χ2v) is 4.04. The van der Waals surface area contributed by atoms with Crippen LogP contribution in [-0.2, 0) is 0 Å². The van der Waals surface area contributed by atoms with Gasteiger partial charge in [0.2, 0.25) is 0 Å². The first-order chi connectivity index (χ1) is 1.73. The highest BCUT2D eigenvalue weighted by atomic mass is 127. The summed E-state index contributed by atoms with van der Waals surface area (Å²) in [7, 11) is 0. The van der Waals surface area contributed by atoms with Crippen LogP contribution in [0.4, 0.5) is 0 Å². The normalized spacial score (nSPS) is 6.75. The van der Waals surface area contributed by atoms with Crippen LogP contribution in [0.15, 0.2) is 0 Å². The predicted molar refractivity (Wildman–Crippen MR) is 30.9 cm³/mol. The van der Waals surface area contributed by atoms with Gasteiger partial charge in [-0.15, -0.1) is 15.8 Å². The van der Waals surface area contributed by atoms with Crippen LogP contribution in [0.2, 0.25) is 0 Å². The van der Waals surface area contributed by atoms with Crippen LogP contribution in [0.25, 0.3) is 0 Å². The number of rotatable bonds is 0. The first kappa shape index (κ1) is 5.23. The molecule has 0 aromatic carbocycles. The van der Waals surface area contributed by atoms with Gasteiger partial charge < -0.3 is 5.02 Å². The lowest BCUT2D eigenvalue weighted by atomic mass is 10.6. The van der Waals surface area contributed by atoms with Gasteiger partial charge in [0.05, 0.1) is 0 Å². The zero-order valence-corrected chi connectivity index (χ0v) is 5.52. The minimum Gasteiger partial charge on any atom is -0.433 e. The molecule has 0 radical (unpaired) electrons. The summed E-state index contributed by atoms with van der Waals surface area (Å²) in [6.45, 7) is 0. The molecule has 0 aromatic heterocycles. The Morgan fingerprint density at radius 3 is 2.00 bits per heavy atom. The van der Waals surface area contributed by atoms with Gasteiger partial charge in [-0.05, 0) is 0 Å². The lowest BCUT2D eigenvalue weighted by Crippen LogP contribution is -1.80. The lowest BCUT2D eigenvalue weighted by molar-refractivity contribution is 0.621. The van der Waals surface area contributed by atoms with Crippen molar-refractivity contribution in [2.75, 3.05) is 0 Å². The summed E-state index contributed by atoms with van der Waals surface area (Å²) in [5.74, 6) is 0. The SMILES string of the molecule is OB(Br)I. The Kier molecular flexibility index (Phi) is 3.23. The topological polar surface area (TPSA) is 20.2 Å². The third-order valence-electron chi connectivity index (χ3n) is 0. The van der Waals surface area contributed by atoms with Gasteiger partial charge in [-0.25, -0.2) is 0 Å². The third-order valence-corrected chi connectivity index (χ3v) is 0. The average molecular weight is 235 g/mol. The third kappa shape index (κ3) is 10.6. The van der Waals surface area contributed by atoms with Gasteiger partial charge in [0.25, 0.3) is 0 Å². The molecule has 0 unspecified atom stereocenters. The number of hydrogen-bond donors (Lipinski definition) is 1. The van der Waals surface area contributed by atoms with E-state index >= 15 is 0 Å². The first-order valence-electron chi connectivity index (χ1n) is 0.695.